The van der Waals surface area contributed by atoms with Crippen LogP contribution in [0.25, 0.3) is 0 Å². The molecule has 4 nitrogen and oxygen atoms in total. The topological polar surface area (TPSA) is 58.2 Å². The maximum absolute atomic E-state index is 12.7. The predicted octanol–water partition coefficient (Wildman–Crippen LogP) is 3.20. The maximum Gasteiger partial charge on any atom is 0.319 e. The molecule has 23 heavy (non-hydrogen) atoms. The van der Waals surface area contributed by atoms with Crippen molar-refractivity contribution in [1.29, 1.82) is 0 Å². The highest BCUT2D eigenvalue weighted by Gasteiger charge is 2.00. The molecule has 0 bridgehead atoms. The molecule has 0 aromatic heterocycles. The summed E-state index contributed by atoms with van der Waals surface area (Å²) in [6.07, 6.45) is 0. The largest absolute Gasteiger partial charge is 0.327 e. The molecule has 5 heteroatoms. The van der Waals surface area contributed by atoms with E-state index >= 15 is 0 Å². The van der Waals surface area contributed by atoms with E-state index in [0.29, 0.717) is 11.3 Å². The summed E-state index contributed by atoms with van der Waals surface area (Å²) < 4.78 is 12.7. The average molecular weight is 310 g/mol. The van der Waals surface area contributed by atoms with Crippen molar-refractivity contribution in [3.63, 3.8) is 0 Å². The second-order valence-electron chi connectivity index (χ2n) is 4.75. The van der Waals surface area contributed by atoms with Crippen molar-refractivity contribution in [3.05, 3.63) is 65.5 Å². The molecule has 0 atom stereocenters. The molecule has 0 fully saturated rings. The van der Waals surface area contributed by atoms with Crippen molar-refractivity contribution in [2.24, 2.45) is 0 Å². The molecule has 0 aliphatic carbocycles. The fraction of sp³-hybridized carbons (Fsp3) is 0.111. The van der Waals surface area contributed by atoms with Crippen LogP contribution in [0.3, 0.4) is 0 Å². The number of hydrogen-bond donors (Lipinski definition) is 2. The molecule has 0 unspecified atom stereocenters. The number of carbonyl (C=O) groups excluding carboxylic acids is 2. The molecule has 0 aliphatic rings. The van der Waals surface area contributed by atoms with Crippen molar-refractivity contribution >= 4 is 17.5 Å². The van der Waals surface area contributed by atoms with Crippen LogP contribution in [0.2, 0.25) is 0 Å². The van der Waals surface area contributed by atoms with Crippen LogP contribution in [0.5, 0.6) is 0 Å². The third kappa shape index (κ3) is 5.29. The molecule has 0 radical (unpaired) electrons. The Kier molecular flexibility index (Phi) is 5.48. The Morgan fingerprint density at radius 1 is 1.04 bits per heavy atom. The Balaban J connectivity index is 1.81. The average Bonchev–Trinajstić information content (AvgIpc) is 2.54. The van der Waals surface area contributed by atoms with Gasteiger partial charge in [-0.2, -0.15) is 0 Å². The lowest BCUT2D eigenvalue weighted by atomic mass is 10.1. The fourth-order valence-corrected chi connectivity index (χ4v) is 1.77. The summed E-state index contributed by atoms with van der Waals surface area (Å²) in [5.74, 6) is 5.33. The summed E-state index contributed by atoms with van der Waals surface area (Å²) in [6.45, 7) is 1.67. The zero-order chi connectivity index (χ0) is 16.7. The van der Waals surface area contributed by atoms with Crippen LogP contribution >= 0.6 is 0 Å². The summed E-state index contributed by atoms with van der Waals surface area (Å²) in [7, 11) is 0. The van der Waals surface area contributed by atoms with Crippen LogP contribution in [0.4, 0.5) is 14.9 Å². The van der Waals surface area contributed by atoms with Gasteiger partial charge in [-0.15, -0.1) is 0 Å². The number of Topliss-reactive ketones (excluding diaryl/α,β-unsaturated/α-hetero) is 1. The van der Waals surface area contributed by atoms with Crippen LogP contribution in [-0.2, 0) is 0 Å². The Labute approximate surface area is 133 Å². The molecule has 0 saturated carbocycles. The molecule has 0 saturated heterocycles. The standard InChI is InChI=1S/C18H15FN2O2/c1-13(22)15-6-4-14(5-7-15)3-2-12-20-18(23)21-17-10-8-16(19)9-11-17/h4-11H,12H2,1H3,(H2,20,21,23). The zero-order valence-electron chi connectivity index (χ0n) is 12.5. The first kappa shape index (κ1) is 16.2. The lowest BCUT2D eigenvalue weighted by Gasteiger charge is -2.04. The quantitative estimate of drug-likeness (QED) is 0.675. The summed E-state index contributed by atoms with van der Waals surface area (Å²) in [6, 6.07) is 12.0. The van der Waals surface area contributed by atoms with Gasteiger partial charge in [0.1, 0.15) is 5.82 Å². The molecule has 2 aromatic carbocycles. The number of urea groups is 1. The van der Waals surface area contributed by atoms with Crippen LogP contribution in [0.15, 0.2) is 48.5 Å². The molecule has 0 heterocycles. The number of amides is 2. The van der Waals surface area contributed by atoms with Crippen molar-refractivity contribution in [2.75, 3.05) is 11.9 Å². The van der Waals surface area contributed by atoms with Gasteiger partial charge in [0.25, 0.3) is 0 Å². The second-order valence-corrected chi connectivity index (χ2v) is 4.75. The number of anilines is 1. The van der Waals surface area contributed by atoms with Crippen molar-refractivity contribution in [1.82, 2.24) is 5.32 Å². The molecule has 116 valence electrons. The number of hydrogen-bond acceptors (Lipinski definition) is 2. The normalized spacial score (nSPS) is 9.48. The SMILES string of the molecule is CC(=O)c1ccc(C#CCNC(=O)Nc2ccc(F)cc2)cc1. The smallest absolute Gasteiger partial charge is 0.319 e. The minimum Gasteiger partial charge on any atom is -0.327 e. The Morgan fingerprint density at radius 2 is 1.70 bits per heavy atom. The Morgan fingerprint density at radius 3 is 2.30 bits per heavy atom. The number of ketones is 1. The predicted molar refractivity (Wildman–Crippen MR) is 86.7 cm³/mol. The van der Waals surface area contributed by atoms with Crippen LogP contribution in [0, 0.1) is 17.7 Å². The van der Waals surface area contributed by atoms with Crippen molar-refractivity contribution in [2.45, 2.75) is 6.92 Å². The number of halogens is 1. The summed E-state index contributed by atoms with van der Waals surface area (Å²) in [5.41, 5.74) is 1.89. The highest BCUT2D eigenvalue weighted by molar-refractivity contribution is 5.94. The van der Waals surface area contributed by atoms with Gasteiger partial charge in [-0.1, -0.05) is 24.0 Å². The number of carbonyl (C=O) groups is 2. The molecule has 0 aliphatic heterocycles. The van der Waals surface area contributed by atoms with E-state index in [0.717, 1.165) is 5.56 Å². The molecular weight excluding hydrogens is 295 g/mol. The molecule has 0 spiro atoms. The lowest BCUT2D eigenvalue weighted by molar-refractivity contribution is 0.101. The van der Waals surface area contributed by atoms with E-state index in [4.69, 9.17) is 0 Å². The minimum atomic E-state index is -0.419. The summed E-state index contributed by atoms with van der Waals surface area (Å²) in [5, 5.41) is 5.14. The maximum atomic E-state index is 12.7. The first-order chi connectivity index (χ1) is 11.0. The van der Waals surface area contributed by atoms with Gasteiger partial charge in [-0.25, -0.2) is 9.18 Å². The minimum absolute atomic E-state index is 0.00337. The van der Waals surface area contributed by atoms with Gasteiger partial charge in [-0.05, 0) is 43.3 Å². The van der Waals surface area contributed by atoms with Crippen LogP contribution in [0.1, 0.15) is 22.8 Å². The molecule has 2 N–H and O–H groups in total. The summed E-state index contributed by atoms with van der Waals surface area (Å²) >= 11 is 0. The van der Waals surface area contributed by atoms with Crippen molar-refractivity contribution < 1.29 is 14.0 Å². The van der Waals surface area contributed by atoms with Crippen molar-refractivity contribution in [3.8, 4) is 11.8 Å². The van der Waals surface area contributed by atoms with E-state index in [1.807, 2.05) is 0 Å². The van der Waals surface area contributed by atoms with E-state index in [1.165, 1.54) is 31.2 Å². The van der Waals surface area contributed by atoms with E-state index in [2.05, 4.69) is 22.5 Å². The van der Waals surface area contributed by atoms with E-state index < -0.39 is 6.03 Å². The highest BCUT2D eigenvalue weighted by Crippen LogP contribution is 2.07. The molecule has 2 aromatic rings. The summed E-state index contributed by atoms with van der Waals surface area (Å²) in [4.78, 5) is 22.8. The fourth-order valence-electron chi connectivity index (χ4n) is 1.77. The van der Waals surface area contributed by atoms with Gasteiger partial charge in [0.15, 0.2) is 5.78 Å². The second kappa shape index (κ2) is 7.76. The number of benzene rings is 2. The molecule has 2 rings (SSSR count). The lowest BCUT2D eigenvalue weighted by Crippen LogP contribution is -2.28. The van der Waals surface area contributed by atoms with Gasteiger partial charge < -0.3 is 10.6 Å². The molecular formula is C18H15FN2O2. The van der Waals surface area contributed by atoms with E-state index in [1.54, 1.807) is 24.3 Å². The number of rotatable bonds is 3. The van der Waals surface area contributed by atoms with Crippen LogP contribution in [-0.4, -0.2) is 18.4 Å². The van der Waals surface area contributed by atoms with Gasteiger partial charge in [0.2, 0.25) is 0 Å². The highest BCUT2D eigenvalue weighted by atomic mass is 19.1. The zero-order valence-corrected chi connectivity index (χ0v) is 12.5. The van der Waals surface area contributed by atoms with Gasteiger partial charge in [-0.3, -0.25) is 4.79 Å². The monoisotopic (exact) mass is 310 g/mol. The Hall–Kier alpha value is -3.13. The Bertz CT molecular complexity index is 756. The van der Waals surface area contributed by atoms with E-state index in [9.17, 15) is 14.0 Å². The van der Waals surface area contributed by atoms with Gasteiger partial charge in [0.05, 0.1) is 6.54 Å². The first-order valence-electron chi connectivity index (χ1n) is 6.95. The van der Waals surface area contributed by atoms with Crippen LogP contribution < -0.4 is 10.6 Å². The first-order valence-corrected chi connectivity index (χ1v) is 6.95. The van der Waals surface area contributed by atoms with Gasteiger partial charge >= 0.3 is 6.03 Å². The third-order valence-corrected chi connectivity index (χ3v) is 2.96. The number of nitrogens with one attached hydrogen (secondary N) is 2. The van der Waals surface area contributed by atoms with Gasteiger partial charge in [0, 0.05) is 16.8 Å². The van der Waals surface area contributed by atoms with E-state index in [-0.39, 0.29) is 18.1 Å². The third-order valence-electron chi connectivity index (χ3n) is 2.96. The molecule has 2 amide bonds.